The lowest BCUT2D eigenvalue weighted by molar-refractivity contribution is -0.138. The zero-order valence-corrected chi connectivity index (χ0v) is 23.7. The summed E-state index contributed by atoms with van der Waals surface area (Å²) in [5, 5.41) is 9.59. The first-order valence-electron chi connectivity index (χ1n) is 12.7. The van der Waals surface area contributed by atoms with E-state index in [2.05, 4.69) is 0 Å². The highest BCUT2D eigenvalue weighted by Gasteiger charge is 2.35. The quantitative estimate of drug-likeness (QED) is 0.282. The van der Waals surface area contributed by atoms with Crippen molar-refractivity contribution in [1.29, 1.82) is 5.26 Å². The summed E-state index contributed by atoms with van der Waals surface area (Å²) in [5.74, 6) is 0.204. The minimum Gasteiger partial charge on any atom is -0.493 e. The molecule has 1 aromatic heterocycles. The third kappa shape index (κ3) is 5.53. The van der Waals surface area contributed by atoms with Gasteiger partial charge in [-0.25, -0.2) is 9.79 Å². The summed E-state index contributed by atoms with van der Waals surface area (Å²) in [7, 11) is 1.50. The molecule has 0 spiro atoms. The highest BCUT2D eigenvalue weighted by atomic mass is 35.5. The molecule has 3 aromatic carbocycles. The number of halogens is 1. The van der Waals surface area contributed by atoms with Gasteiger partial charge in [-0.15, -0.1) is 0 Å². The Labute approximate surface area is 244 Å². The SMILES string of the molecule is CCOC(=O)C1=C(c2ccccc2)N=c2s/c(=C\c3cccc(OC)c3OCC#N)c(=O)n2[C@@H]1c1ccc(Cl)cc1. The number of hydrogen-bond donors (Lipinski definition) is 0. The summed E-state index contributed by atoms with van der Waals surface area (Å²) in [6.45, 7) is 1.69. The molecular weight excluding hydrogens is 562 g/mol. The van der Waals surface area contributed by atoms with Crippen molar-refractivity contribution in [3.05, 3.63) is 120 Å². The summed E-state index contributed by atoms with van der Waals surface area (Å²) in [5.41, 5.74) is 2.27. The van der Waals surface area contributed by atoms with E-state index in [1.807, 2.05) is 36.4 Å². The third-order valence-corrected chi connectivity index (χ3v) is 7.59. The first-order chi connectivity index (χ1) is 20.0. The molecule has 2 heterocycles. The Kier molecular flexibility index (Phi) is 8.34. The molecule has 0 bridgehead atoms. The Balaban J connectivity index is 1.81. The van der Waals surface area contributed by atoms with Gasteiger partial charge in [0.1, 0.15) is 6.07 Å². The van der Waals surface area contributed by atoms with Crippen LogP contribution in [-0.2, 0) is 9.53 Å². The fraction of sp³-hybridized carbons (Fsp3) is 0.161. The highest BCUT2D eigenvalue weighted by molar-refractivity contribution is 7.07. The van der Waals surface area contributed by atoms with Gasteiger partial charge >= 0.3 is 5.97 Å². The van der Waals surface area contributed by atoms with Crippen molar-refractivity contribution in [3.63, 3.8) is 0 Å². The molecule has 0 radical (unpaired) electrons. The number of methoxy groups -OCH3 is 1. The van der Waals surface area contributed by atoms with Gasteiger partial charge in [-0.3, -0.25) is 9.36 Å². The molecule has 0 aliphatic carbocycles. The number of thiazole rings is 1. The van der Waals surface area contributed by atoms with Gasteiger partial charge in [-0.2, -0.15) is 5.26 Å². The van der Waals surface area contributed by atoms with E-state index in [0.29, 0.717) is 48.2 Å². The van der Waals surface area contributed by atoms with Crippen LogP contribution in [0.4, 0.5) is 0 Å². The highest BCUT2D eigenvalue weighted by Crippen LogP contribution is 2.36. The third-order valence-electron chi connectivity index (χ3n) is 6.36. The number of carbonyl (C=O) groups is 1. The first kappa shape index (κ1) is 27.9. The predicted octanol–water partition coefficient (Wildman–Crippen LogP) is 4.50. The van der Waals surface area contributed by atoms with E-state index in [4.69, 9.17) is 36.1 Å². The number of aromatic nitrogens is 1. The summed E-state index contributed by atoms with van der Waals surface area (Å²) >= 11 is 7.37. The second-order valence-electron chi connectivity index (χ2n) is 8.81. The number of ether oxygens (including phenoxy) is 3. The fourth-order valence-corrected chi connectivity index (χ4v) is 5.73. The molecule has 0 saturated heterocycles. The van der Waals surface area contributed by atoms with Crippen molar-refractivity contribution in [1.82, 2.24) is 4.57 Å². The van der Waals surface area contributed by atoms with Gasteiger partial charge in [0.15, 0.2) is 22.9 Å². The smallest absolute Gasteiger partial charge is 0.338 e. The van der Waals surface area contributed by atoms with Crippen LogP contribution < -0.4 is 24.4 Å². The summed E-state index contributed by atoms with van der Waals surface area (Å²) in [6.07, 6.45) is 1.67. The molecular formula is C31H24ClN3O5S. The average molecular weight is 586 g/mol. The van der Waals surface area contributed by atoms with Gasteiger partial charge in [0.2, 0.25) is 0 Å². The molecule has 0 saturated carbocycles. The van der Waals surface area contributed by atoms with E-state index in [1.165, 1.54) is 23.0 Å². The lowest BCUT2D eigenvalue weighted by Gasteiger charge is -2.25. The average Bonchev–Trinajstić information content (AvgIpc) is 3.30. The van der Waals surface area contributed by atoms with Crippen LogP contribution in [0, 0.1) is 11.3 Å². The van der Waals surface area contributed by atoms with Crippen molar-refractivity contribution < 1.29 is 19.0 Å². The number of rotatable bonds is 8. The number of nitrogens with zero attached hydrogens (tertiary/aromatic N) is 3. The lowest BCUT2D eigenvalue weighted by atomic mass is 9.93. The van der Waals surface area contributed by atoms with Crippen LogP contribution in [0.3, 0.4) is 0 Å². The van der Waals surface area contributed by atoms with Crippen molar-refractivity contribution in [2.24, 2.45) is 4.99 Å². The van der Waals surface area contributed by atoms with Crippen LogP contribution in [0.1, 0.15) is 29.7 Å². The van der Waals surface area contributed by atoms with Gasteiger partial charge < -0.3 is 14.2 Å². The number of benzene rings is 3. The number of carbonyl (C=O) groups excluding carboxylic acids is 1. The van der Waals surface area contributed by atoms with Gasteiger partial charge in [0.25, 0.3) is 5.56 Å². The monoisotopic (exact) mass is 585 g/mol. The minimum absolute atomic E-state index is 0.156. The number of fused-ring (bicyclic) bond motifs is 1. The van der Waals surface area contributed by atoms with Crippen LogP contribution in [0.25, 0.3) is 11.8 Å². The van der Waals surface area contributed by atoms with Crippen LogP contribution in [0.2, 0.25) is 5.02 Å². The standard InChI is InChI=1S/C31H24ClN3O5S/c1-3-39-30(37)25-26(19-8-5-4-6-9-19)34-31-35(27(25)20-12-14-22(32)15-13-20)29(36)24(41-31)18-21-10-7-11-23(38-2)28(21)40-17-16-33/h4-15,18,27H,3,17H2,1-2H3/b24-18-/t27-/m1/s1. The zero-order chi connectivity index (χ0) is 28.9. The maximum atomic E-state index is 14.1. The lowest BCUT2D eigenvalue weighted by Crippen LogP contribution is -2.40. The van der Waals surface area contributed by atoms with Crippen LogP contribution in [0.5, 0.6) is 11.5 Å². The molecule has 0 fully saturated rings. The molecule has 1 atom stereocenters. The summed E-state index contributed by atoms with van der Waals surface area (Å²) in [6, 6.07) is 22.7. The second-order valence-corrected chi connectivity index (χ2v) is 10.3. The Morgan fingerprint density at radius 1 is 1.12 bits per heavy atom. The molecule has 1 aliphatic heterocycles. The first-order valence-corrected chi connectivity index (χ1v) is 13.9. The number of nitriles is 1. The number of esters is 1. The normalized spacial score (nSPS) is 14.6. The number of hydrogen-bond acceptors (Lipinski definition) is 8. The predicted molar refractivity (Wildman–Crippen MR) is 157 cm³/mol. The summed E-state index contributed by atoms with van der Waals surface area (Å²) < 4.78 is 18.4. The van der Waals surface area contributed by atoms with Crippen molar-refractivity contribution in [2.45, 2.75) is 13.0 Å². The van der Waals surface area contributed by atoms with E-state index in [-0.39, 0.29) is 24.3 Å². The van der Waals surface area contributed by atoms with E-state index in [1.54, 1.807) is 55.5 Å². The van der Waals surface area contributed by atoms with E-state index in [9.17, 15) is 9.59 Å². The number of para-hydroxylation sites is 1. The molecule has 8 nitrogen and oxygen atoms in total. The minimum atomic E-state index is -0.820. The van der Waals surface area contributed by atoms with E-state index < -0.39 is 12.0 Å². The Hall–Kier alpha value is -4.65. The molecule has 10 heteroatoms. The molecule has 0 amide bonds. The van der Waals surface area contributed by atoms with Gasteiger partial charge in [-0.1, -0.05) is 77.5 Å². The molecule has 0 unspecified atom stereocenters. The van der Waals surface area contributed by atoms with Crippen molar-refractivity contribution >= 4 is 40.7 Å². The van der Waals surface area contributed by atoms with Crippen LogP contribution in [0.15, 0.2) is 88.2 Å². The van der Waals surface area contributed by atoms with Crippen LogP contribution >= 0.6 is 22.9 Å². The van der Waals surface area contributed by atoms with Crippen molar-refractivity contribution in [3.8, 4) is 17.6 Å². The molecule has 4 aromatic rings. The van der Waals surface area contributed by atoms with Gasteiger partial charge in [0, 0.05) is 16.1 Å². The van der Waals surface area contributed by atoms with Crippen LogP contribution in [-0.4, -0.2) is 30.9 Å². The summed E-state index contributed by atoms with van der Waals surface area (Å²) in [4.78, 5) is 32.8. The van der Waals surface area contributed by atoms with Crippen molar-refractivity contribution in [2.75, 3.05) is 20.3 Å². The Bertz CT molecular complexity index is 1850. The largest absolute Gasteiger partial charge is 0.493 e. The molecule has 1 aliphatic rings. The molecule has 5 rings (SSSR count). The molecule has 0 N–H and O–H groups in total. The van der Waals surface area contributed by atoms with Gasteiger partial charge in [0.05, 0.1) is 35.6 Å². The van der Waals surface area contributed by atoms with Gasteiger partial charge in [-0.05, 0) is 36.8 Å². The second kappa shape index (κ2) is 12.3. The Morgan fingerprint density at radius 3 is 2.56 bits per heavy atom. The maximum absolute atomic E-state index is 14.1. The zero-order valence-electron chi connectivity index (χ0n) is 22.2. The van der Waals surface area contributed by atoms with E-state index in [0.717, 1.165) is 0 Å². The fourth-order valence-electron chi connectivity index (χ4n) is 4.61. The maximum Gasteiger partial charge on any atom is 0.338 e. The van der Waals surface area contributed by atoms with E-state index >= 15 is 0 Å². The molecule has 41 heavy (non-hydrogen) atoms. The Morgan fingerprint density at radius 2 is 1.88 bits per heavy atom. The molecule has 206 valence electrons. The topological polar surface area (TPSA) is 103 Å².